The average molecular weight is 423 g/mol. The number of anilines is 1. The summed E-state index contributed by atoms with van der Waals surface area (Å²) < 4.78 is 0. The molecule has 2 heterocycles. The molecule has 3 N–H and O–H groups in total. The number of aromatic hydroxyl groups is 1. The van der Waals surface area contributed by atoms with E-state index in [1.54, 1.807) is 17.4 Å². The van der Waals surface area contributed by atoms with Crippen molar-refractivity contribution in [2.24, 2.45) is 11.8 Å². The Balaban J connectivity index is 1.50. The van der Waals surface area contributed by atoms with E-state index in [1.807, 2.05) is 30.3 Å². The van der Waals surface area contributed by atoms with Crippen molar-refractivity contribution < 1.29 is 15.0 Å². The van der Waals surface area contributed by atoms with Crippen LogP contribution in [0.15, 0.2) is 53.9 Å². The Kier molecular flexibility index (Phi) is 6.33. The van der Waals surface area contributed by atoms with E-state index in [9.17, 15) is 9.90 Å². The van der Waals surface area contributed by atoms with Crippen LogP contribution in [0.1, 0.15) is 32.1 Å². The SMILES string of the molecule is O=C(O)CC1CCC(CNc2cc(-c3cccs3)cc(-c3ccccc3O)n2)CC1. The number of aromatic nitrogens is 1. The molecule has 0 amide bonds. The molecule has 6 heteroatoms. The van der Waals surface area contributed by atoms with Gasteiger partial charge in [-0.3, -0.25) is 4.79 Å². The predicted octanol–water partition coefficient (Wildman–Crippen LogP) is 5.88. The smallest absolute Gasteiger partial charge is 0.303 e. The van der Waals surface area contributed by atoms with Gasteiger partial charge in [0.15, 0.2) is 0 Å². The quantitative estimate of drug-likeness (QED) is 0.443. The molecule has 0 unspecified atom stereocenters. The summed E-state index contributed by atoms with van der Waals surface area (Å²) in [5, 5.41) is 24.8. The normalized spacial score (nSPS) is 18.8. The summed E-state index contributed by atoms with van der Waals surface area (Å²) in [4.78, 5) is 16.9. The van der Waals surface area contributed by atoms with Gasteiger partial charge in [-0.15, -0.1) is 11.3 Å². The highest BCUT2D eigenvalue weighted by Gasteiger charge is 2.23. The van der Waals surface area contributed by atoms with Crippen LogP contribution in [-0.4, -0.2) is 27.7 Å². The highest BCUT2D eigenvalue weighted by atomic mass is 32.1. The van der Waals surface area contributed by atoms with E-state index in [4.69, 9.17) is 10.1 Å². The average Bonchev–Trinajstić information content (AvgIpc) is 3.28. The third kappa shape index (κ3) is 5.00. The summed E-state index contributed by atoms with van der Waals surface area (Å²) in [6.07, 6.45) is 4.33. The van der Waals surface area contributed by atoms with Crippen molar-refractivity contribution in [1.29, 1.82) is 0 Å². The minimum Gasteiger partial charge on any atom is -0.507 e. The minimum atomic E-state index is -0.692. The number of rotatable bonds is 7. The number of benzene rings is 1. The van der Waals surface area contributed by atoms with Crippen molar-refractivity contribution in [1.82, 2.24) is 4.98 Å². The van der Waals surface area contributed by atoms with E-state index >= 15 is 0 Å². The molecule has 0 atom stereocenters. The molecule has 0 bridgehead atoms. The van der Waals surface area contributed by atoms with Gasteiger partial charge in [0.1, 0.15) is 11.6 Å². The first-order valence-electron chi connectivity index (χ1n) is 10.4. The molecular weight excluding hydrogens is 396 g/mol. The molecular formula is C24H26N2O3S. The fourth-order valence-corrected chi connectivity index (χ4v) is 4.88. The summed E-state index contributed by atoms with van der Waals surface area (Å²) in [5.74, 6) is 1.16. The van der Waals surface area contributed by atoms with Gasteiger partial charge in [0.05, 0.1) is 5.69 Å². The highest BCUT2D eigenvalue weighted by Crippen LogP contribution is 2.35. The zero-order valence-corrected chi connectivity index (χ0v) is 17.6. The second-order valence-electron chi connectivity index (χ2n) is 7.99. The molecule has 1 aliphatic rings. The van der Waals surface area contributed by atoms with Gasteiger partial charge in [0.25, 0.3) is 0 Å². The largest absolute Gasteiger partial charge is 0.507 e. The molecule has 0 spiro atoms. The number of thiophene rings is 1. The Morgan fingerprint density at radius 3 is 2.53 bits per heavy atom. The van der Waals surface area contributed by atoms with Gasteiger partial charge in [-0.25, -0.2) is 4.98 Å². The monoisotopic (exact) mass is 422 g/mol. The van der Waals surface area contributed by atoms with Gasteiger partial charge >= 0.3 is 5.97 Å². The zero-order valence-electron chi connectivity index (χ0n) is 16.8. The Morgan fingerprint density at radius 1 is 1.07 bits per heavy atom. The molecule has 4 rings (SSSR count). The van der Waals surface area contributed by atoms with Crippen LogP contribution in [0.5, 0.6) is 5.75 Å². The molecule has 0 radical (unpaired) electrons. The van der Waals surface area contributed by atoms with Crippen LogP contribution in [0, 0.1) is 11.8 Å². The maximum absolute atomic E-state index is 10.9. The van der Waals surface area contributed by atoms with Crippen molar-refractivity contribution in [3.63, 3.8) is 0 Å². The van der Waals surface area contributed by atoms with Gasteiger partial charge in [-0.1, -0.05) is 18.2 Å². The molecule has 2 aromatic heterocycles. The van der Waals surface area contributed by atoms with Gasteiger partial charge < -0.3 is 15.5 Å². The second-order valence-corrected chi connectivity index (χ2v) is 8.93. The molecule has 1 aliphatic carbocycles. The van der Waals surface area contributed by atoms with Crippen LogP contribution >= 0.6 is 11.3 Å². The third-order valence-electron chi connectivity index (χ3n) is 5.81. The maximum Gasteiger partial charge on any atom is 0.303 e. The number of pyridine rings is 1. The first-order chi connectivity index (χ1) is 14.6. The Labute approximate surface area is 180 Å². The fraction of sp³-hybridized carbons (Fsp3) is 0.333. The Bertz CT molecular complexity index is 995. The Morgan fingerprint density at radius 2 is 1.83 bits per heavy atom. The minimum absolute atomic E-state index is 0.219. The number of carboxylic acid groups (broad SMARTS) is 1. The number of hydrogen-bond acceptors (Lipinski definition) is 5. The summed E-state index contributed by atoms with van der Waals surface area (Å²) >= 11 is 1.68. The topological polar surface area (TPSA) is 82.5 Å². The van der Waals surface area contributed by atoms with Gasteiger partial charge in [-0.05, 0) is 78.8 Å². The first-order valence-corrected chi connectivity index (χ1v) is 11.3. The lowest BCUT2D eigenvalue weighted by atomic mass is 9.80. The van der Waals surface area contributed by atoms with Crippen LogP contribution < -0.4 is 5.32 Å². The van der Waals surface area contributed by atoms with E-state index in [0.717, 1.165) is 54.2 Å². The molecule has 1 fully saturated rings. The van der Waals surface area contributed by atoms with E-state index in [0.29, 0.717) is 17.4 Å². The van der Waals surface area contributed by atoms with Crippen LogP contribution in [0.25, 0.3) is 21.7 Å². The molecule has 156 valence electrons. The molecule has 1 saturated carbocycles. The van der Waals surface area contributed by atoms with Crippen LogP contribution in [-0.2, 0) is 4.79 Å². The number of phenolic OH excluding ortho intramolecular Hbond substituents is 1. The summed E-state index contributed by atoms with van der Waals surface area (Å²) in [6.45, 7) is 0.820. The molecule has 3 aromatic rings. The van der Waals surface area contributed by atoms with Crippen LogP contribution in [0.4, 0.5) is 5.82 Å². The van der Waals surface area contributed by atoms with Crippen molar-refractivity contribution in [2.45, 2.75) is 32.1 Å². The highest BCUT2D eigenvalue weighted by molar-refractivity contribution is 7.13. The van der Waals surface area contributed by atoms with E-state index in [1.165, 1.54) is 0 Å². The number of para-hydroxylation sites is 1. The van der Waals surface area contributed by atoms with E-state index in [2.05, 4.69) is 22.8 Å². The third-order valence-corrected chi connectivity index (χ3v) is 6.73. The van der Waals surface area contributed by atoms with Gasteiger partial charge in [-0.2, -0.15) is 0 Å². The molecule has 5 nitrogen and oxygen atoms in total. The van der Waals surface area contributed by atoms with Crippen molar-refractivity contribution in [2.75, 3.05) is 11.9 Å². The molecule has 0 aliphatic heterocycles. The van der Waals surface area contributed by atoms with Gasteiger partial charge in [0.2, 0.25) is 0 Å². The summed E-state index contributed by atoms with van der Waals surface area (Å²) in [5.41, 5.74) is 2.53. The van der Waals surface area contributed by atoms with Crippen molar-refractivity contribution >= 4 is 23.1 Å². The zero-order chi connectivity index (χ0) is 20.9. The lowest BCUT2D eigenvalue weighted by Crippen LogP contribution is -2.22. The predicted molar refractivity (Wildman–Crippen MR) is 121 cm³/mol. The maximum atomic E-state index is 10.9. The van der Waals surface area contributed by atoms with Crippen LogP contribution in [0.3, 0.4) is 0 Å². The molecule has 1 aromatic carbocycles. The number of nitrogens with one attached hydrogen (secondary N) is 1. The standard InChI is InChI=1S/C24H26N2O3S/c27-21-5-2-1-4-19(21)20-13-18(22-6-3-11-30-22)14-23(26-20)25-15-17-9-7-16(8-10-17)12-24(28)29/h1-6,11,13-14,16-17,27H,7-10,12,15H2,(H,25,26)(H,28,29). The van der Waals surface area contributed by atoms with Gasteiger partial charge in [0, 0.05) is 23.4 Å². The van der Waals surface area contributed by atoms with E-state index in [-0.39, 0.29) is 12.2 Å². The Hall–Kier alpha value is -2.86. The number of carbonyl (C=O) groups is 1. The van der Waals surface area contributed by atoms with Crippen molar-refractivity contribution in [3.8, 4) is 27.4 Å². The van der Waals surface area contributed by atoms with Crippen molar-refractivity contribution in [3.05, 3.63) is 53.9 Å². The number of nitrogens with zero attached hydrogens (tertiary/aromatic N) is 1. The number of carboxylic acids is 1. The van der Waals surface area contributed by atoms with E-state index < -0.39 is 5.97 Å². The lowest BCUT2D eigenvalue weighted by molar-refractivity contribution is -0.138. The fourth-order valence-electron chi connectivity index (χ4n) is 4.17. The molecule has 0 saturated heterocycles. The molecule has 30 heavy (non-hydrogen) atoms. The summed E-state index contributed by atoms with van der Waals surface area (Å²) in [7, 11) is 0. The second kappa shape index (κ2) is 9.30. The number of phenols is 1. The number of hydrogen-bond donors (Lipinski definition) is 3. The van der Waals surface area contributed by atoms with Crippen LogP contribution in [0.2, 0.25) is 0 Å². The summed E-state index contributed by atoms with van der Waals surface area (Å²) in [6, 6.07) is 15.5. The number of aliphatic carboxylic acids is 1. The first kappa shape index (κ1) is 20.4. The lowest BCUT2D eigenvalue weighted by Gasteiger charge is -2.28.